The van der Waals surface area contributed by atoms with Crippen LogP contribution in [0.15, 0.2) is 48.5 Å². The maximum Gasteiger partial charge on any atom is 0.143 e. The molecule has 0 bridgehead atoms. The Morgan fingerprint density at radius 2 is 1.88 bits per heavy atom. The van der Waals surface area contributed by atoms with Gasteiger partial charge < -0.3 is 15.5 Å². The highest BCUT2D eigenvalue weighted by Gasteiger charge is 2.05. The topological polar surface area (TPSA) is 79.7 Å². The molecule has 0 atom stereocenters. The third kappa shape index (κ3) is 3.35. The van der Waals surface area contributed by atoms with Crippen molar-refractivity contribution in [1.29, 1.82) is 0 Å². The summed E-state index contributed by atoms with van der Waals surface area (Å²) in [5.74, 6) is 1.52. The molecule has 5 nitrogen and oxygen atoms in total. The molecule has 2 heterocycles. The predicted molar refractivity (Wildman–Crippen MR) is 99.3 cm³/mol. The Morgan fingerprint density at radius 3 is 2.62 bits per heavy atom. The molecule has 124 valence electrons. The molecule has 0 aliphatic carbocycles. The normalized spacial score (nSPS) is 10.8. The minimum Gasteiger partial charge on any atom is -0.489 e. The molecule has 0 fully saturated rings. The average Bonchev–Trinajstić information content (AvgIpc) is 3.11. The summed E-state index contributed by atoms with van der Waals surface area (Å²) in [6, 6.07) is 15.9. The predicted octanol–water partition coefficient (Wildman–Crippen LogP) is 4.41. The Hall–Kier alpha value is -2.95. The molecule has 0 aliphatic heterocycles. The van der Waals surface area contributed by atoms with E-state index in [1.165, 1.54) is 5.39 Å². The lowest BCUT2D eigenvalue weighted by atomic mass is 10.2. The summed E-state index contributed by atoms with van der Waals surface area (Å²) < 4.78 is 5.65. The summed E-state index contributed by atoms with van der Waals surface area (Å²) in [6.07, 6.45) is 0.171. The highest BCUT2D eigenvalue weighted by molar-refractivity contribution is 5.88. The molecule has 24 heavy (non-hydrogen) atoms. The van der Waals surface area contributed by atoms with E-state index >= 15 is 0 Å². The van der Waals surface area contributed by atoms with Gasteiger partial charge in [-0.15, -0.1) is 0 Å². The number of para-hydroxylation sites is 2. The van der Waals surface area contributed by atoms with Crippen LogP contribution in [0.4, 0.5) is 5.82 Å². The highest BCUT2D eigenvalue weighted by atomic mass is 16.5. The Morgan fingerprint density at radius 1 is 1.08 bits per heavy atom. The van der Waals surface area contributed by atoms with Crippen LogP contribution in [0.25, 0.3) is 21.8 Å². The van der Waals surface area contributed by atoms with Gasteiger partial charge in [0.25, 0.3) is 0 Å². The first-order valence-electron chi connectivity index (χ1n) is 7.98. The molecule has 4 N–H and O–H groups in total. The molecule has 4 aromatic rings. The molecule has 5 heteroatoms. The second-order valence-electron chi connectivity index (χ2n) is 5.98. The Bertz CT molecular complexity index is 952. The van der Waals surface area contributed by atoms with Crippen molar-refractivity contribution >= 4 is 27.6 Å². The maximum atomic E-state index is 5.68. The average molecular weight is 322 g/mol. The quantitative estimate of drug-likeness (QED) is 0.511. The zero-order valence-corrected chi connectivity index (χ0v) is 14.1. The largest absolute Gasteiger partial charge is 0.489 e. The fourth-order valence-corrected chi connectivity index (χ4v) is 2.59. The lowest BCUT2D eigenvalue weighted by Gasteiger charge is -2.10. The number of hydrogen-bond acceptors (Lipinski definition) is 3. The van der Waals surface area contributed by atoms with Gasteiger partial charge in [-0.2, -0.15) is 5.10 Å². The first kappa shape index (κ1) is 15.9. The van der Waals surface area contributed by atoms with Crippen molar-refractivity contribution in [2.45, 2.75) is 26.9 Å². The van der Waals surface area contributed by atoms with Crippen LogP contribution in [-0.2, 0) is 0 Å². The molecule has 2 aromatic carbocycles. The number of ether oxygens (including phenoxy) is 1. The second kappa shape index (κ2) is 6.66. The van der Waals surface area contributed by atoms with Crippen LogP contribution < -0.4 is 10.5 Å². The van der Waals surface area contributed by atoms with Gasteiger partial charge in [-0.05, 0) is 39.0 Å². The first-order chi connectivity index (χ1) is 11.5. The number of H-pyrrole nitrogens is 2. The van der Waals surface area contributed by atoms with Gasteiger partial charge in [0.05, 0.1) is 17.1 Å². The number of aromatic nitrogens is 3. The minimum absolute atomic E-state index is 0.171. The van der Waals surface area contributed by atoms with Crippen molar-refractivity contribution in [1.82, 2.24) is 15.2 Å². The van der Waals surface area contributed by atoms with Crippen LogP contribution in [0.2, 0.25) is 0 Å². The number of aromatic amines is 2. The number of rotatable bonds is 2. The van der Waals surface area contributed by atoms with Crippen molar-refractivity contribution in [3.8, 4) is 5.75 Å². The van der Waals surface area contributed by atoms with Crippen LogP contribution in [0.5, 0.6) is 5.75 Å². The van der Waals surface area contributed by atoms with E-state index in [4.69, 9.17) is 10.5 Å². The van der Waals surface area contributed by atoms with Gasteiger partial charge in [0.2, 0.25) is 0 Å². The summed E-state index contributed by atoms with van der Waals surface area (Å²) in [5, 5.41) is 9.31. The first-order valence-corrected chi connectivity index (χ1v) is 7.98. The molecule has 0 saturated heterocycles. The summed E-state index contributed by atoms with van der Waals surface area (Å²) in [6.45, 7) is 6.03. The monoisotopic (exact) mass is 322 g/mol. The van der Waals surface area contributed by atoms with Crippen molar-refractivity contribution in [2.24, 2.45) is 0 Å². The Labute approximate surface area is 140 Å². The SMILES string of the molecule is CC(C)Oc1cccc2cc(N)[nH]c12.Cc1[nH]nc2ccccc12. The maximum absolute atomic E-state index is 5.68. The molecular weight excluding hydrogens is 300 g/mol. The minimum atomic E-state index is 0.171. The van der Waals surface area contributed by atoms with E-state index in [9.17, 15) is 0 Å². The van der Waals surface area contributed by atoms with E-state index in [1.807, 2.05) is 63.2 Å². The van der Waals surface area contributed by atoms with E-state index in [2.05, 4.69) is 21.2 Å². The summed E-state index contributed by atoms with van der Waals surface area (Å²) >= 11 is 0. The molecular formula is C19H22N4O. The number of fused-ring (bicyclic) bond motifs is 2. The fourth-order valence-electron chi connectivity index (χ4n) is 2.59. The lowest BCUT2D eigenvalue weighted by Crippen LogP contribution is -2.05. The van der Waals surface area contributed by atoms with Crippen LogP contribution in [-0.4, -0.2) is 21.3 Å². The van der Waals surface area contributed by atoms with Crippen molar-refractivity contribution < 1.29 is 4.74 Å². The van der Waals surface area contributed by atoms with E-state index < -0.39 is 0 Å². The standard InChI is InChI=1S/C11H14N2O.C8H8N2/c1-7(2)14-9-5-3-4-8-6-10(12)13-11(8)9;1-6-7-4-2-3-5-8(7)10-9-6/h3-7,13H,12H2,1-2H3;2-5H,1H3,(H,9,10). The highest BCUT2D eigenvalue weighted by Crippen LogP contribution is 2.27. The number of hydrogen-bond donors (Lipinski definition) is 3. The summed E-state index contributed by atoms with van der Waals surface area (Å²) in [7, 11) is 0. The third-order valence-electron chi connectivity index (χ3n) is 3.65. The van der Waals surface area contributed by atoms with Crippen molar-refractivity contribution in [3.63, 3.8) is 0 Å². The molecule has 2 aromatic heterocycles. The van der Waals surface area contributed by atoms with Crippen LogP contribution >= 0.6 is 0 Å². The molecule has 0 spiro atoms. The number of nitrogens with one attached hydrogen (secondary N) is 2. The van der Waals surface area contributed by atoms with E-state index in [1.54, 1.807) is 0 Å². The molecule has 0 aliphatic rings. The molecule has 0 unspecified atom stereocenters. The van der Waals surface area contributed by atoms with Gasteiger partial charge in [0.15, 0.2) is 0 Å². The smallest absolute Gasteiger partial charge is 0.143 e. The second-order valence-corrected chi connectivity index (χ2v) is 5.98. The number of aryl methyl sites for hydroxylation is 1. The number of nitrogens with zero attached hydrogens (tertiary/aromatic N) is 1. The zero-order valence-electron chi connectivity index (χ0n) is 14.1. The van der Waals surface area contributed by atoms with Crippen molar-refractivity contribution in [3.05, 3.63) is 54.2 Å². The van der Waals surface area contributed by atoms with Gasteiger partial charge >= 0.3 is 0 Å². The number of anilines is 1. The third-order valence-corrected chi connectivity index (χ3v) is 3.65. The van der Waals surface area contributed by atoms with Crippen LogP contribution in [0, 0.1) is 6.92 Å². The van der Waals surface area contributed by atoms with Gasteiger partial charge in [0, 0.05) is 16.5 Å². The van der Waals surface area contributed by atoms with Crippen LogP contribution in [0.3, 0.4) is 0 Å². The van der Waals surface area contributed by atoms with E-state index in [0.29, 0.717) is 5.82 Å². The summed E-state index contributed by atoms with van der Waals surface area (Å²) in [4.78, 5) is 3.09. The van der Waals surface area contributed by atoms with E-state index in [-0.39, 0.29) is 6.10 Å². The van der Waals surface area contributed by atoms with Gasteiger partial charge in [0.1, 0.15) is 11.6 Å². The fraction of sp³-hybridized carbons (Fsp3) is 0.211. The molecule has 4 rings (SSSR count). The molecule has 0 radical (unpaired) electrons. The van der Waals surface area contributed by atoms with Gasteiger partial charge in [-0.1, -0.05) is 30.3 Å². The van der Waals surface area contributed by atoms with E-state index in [0.717, 1.165) is 27.9 Å². The Balaban J connectivity index is 0.000000149. The number of benzene rings is 2. The van der Waals surface area contributed by atoms with Crippen LogP contribution in [0.1, 0.15) is 19.5 Å². The van der Waals surface area contributed by atoms with Gasteiger partial charge in [-0.3, -0.25) is 5.10 Å². The van der Waals surface area contributed by atoms with Gasteiger partial charge in [-0.25, -0.2) is 0 Å². The number of nitrogens with two attached hydrogens (primary N) is 1. The Kier molecular flexibility index (Phi) is 4.42. The lowest BCUT2D eigenvalue weighted by molar-refractivity contribution is 0.245. The molecule has 0 amide bonds. The number of nitrogen functional groups attached to an aromatic ring is 1. The zero-order chi connectivity index (χ0) is 17.1. The summed E-state index contributed by atoms with van der Waals surface area (Å²) in [5.41, 5.74) is 8.83. The molecule has 0 saturated carbocycles. The van der Waals surface area contributed by atoms with Crippen molar-refractivity contribution in [2.75, 3.05) is 5.73 Å².